The number of halogens is 3. The van der Waals surface area contributed by atoms with Gasteiger partial charge in [-0.3, -0.25) is 0 Å². The lowest BCUT2D eigenvalue weighted by Gasteiger charge is -2.13. The van der Waals surface area contributed by atoms with Crippen LogP contribution in [-0.2, 0) is 20.2 Å². The summed E-state index contributed by atoms with van der Waals surface area (Å²) < 4.78 is 26.7. The highest BCUT2D eigenvalue weighted by Gasteiger charge is 2.11. The number of thioether (sulfide) groups is 1. The van der Waals surface area contributed by atoms with Gasteiger partial charge < -0.3 is 27.2 Å². The Labute approximate surface area is 196 Å². The minimum atomic E-state index is -0.393. The van der Waals surface area contributed by atoms with Gasteiger partial charge in [0.1, 0.15) is 12.4 Å². The molecule has 3 rings (SSSR count). The summed E-state index contributed by atoms with van der Waals surface area (Å²) in [5.41, 5.74) is 1.38. The van der Waals surface area contributed by atoms with Gasteiger partial charge in [0.05, 0.1) is 12.1 Å². The molecule has 0 atom stereocenters. The Hall–Kier alpha value is -2.07. The molecule has 0 aliphatic rings. The third kappa shape index (κ3) is 7.24. The summed E-state index contributed by atoms with van der Waals surface area (Å²) >= 11 is 7.68. The highest BCUT2D eigenvalue weighted by Crippen LogP contribution is 2.30. The van der Waals surface area contributed by atoms with E-state index in [0.29, 0.717) is 28.6 Å². The predicted molar refractivity (Wildman–Crippen MR) is 115 cm³/mol. The van der Waals surface area contributed by atoms with Crippen molar-refractivity contribution in [2.24, 2.45) is 7.05 Å². The third-order valence-electron chi connectivity index (χ3n) is 4.30. The molecule has 1 heterocycles. The van der Waals surface area contributed by atoms with E-state index in [4.69, 9.17) is 21.1 Å². The lowest BCUT2D eigenvalue weighted by molar-refractivity contribution is -0.00000745. The second kappa shape index (κ2) is 12.7. The summed E-state index contributed by atoms with van der Waals surface area (Å²) in [4.78, 5) is 0. The summed E-state index contributed by atoms with van der Waals surface area (Å²) in [5, 5.41) is 15.9. The molecule has 1 N–H and O–H groups in total. The zero-order chi connectivity index (χ0) is 21.3. The predicted octanol–water partition coefficient (Wildman–Crippen LogP) is 0.866. The molecule has 0 spiro atoms. The second-order valence-electron chi connectivity index (χ2n) is 6.44. The van der Waals surface area contributed by atoms with Crippen molar-refractivity contribution in [3.8, 4) is 11.5 Å². The van der Waals surface area contributed by atoms with Crippen LogP contribution in [0.1, 0.15) is 17.5 Å². The number of aromatic nitrogens is 4. The Balaban J connectivity index is 0.00000341. The first-order chi connectivity index (χ1) is 14.6. The number of ether oxygens (including phenoxy) is 2. The Morgan fingerprint density at radius 2 is 2.06 bits per heavy atom. The highest BCUT2D eigenvalue weighted by atomic mass is 35.5. The van der Waals surface area contributed by atoms with Gasteiger partial charge in [0.15, 0.2) is 11.5 Å². The quantitative estimate of drug-likeness (QED) is 0.318. The first-order valence-corrected chi connectivity index (χ1v) is 10.7. The summed E-state index contributed by atoms with van der Waals surface area (Å²) in [6.45, 7) is 1.59. The molecule has 2 aromatic carbocycles. The van der Waals surface area contributed by atoms with Gasteiger partial charge >= 0.3 is 0 Å². The van der Waals surface area contributed by atoms with Crippen LogP contribution in [0.15, 0.2) is 41.6 Å². The van der Waals surface area contributed by atoms with Crippen LogP contribution in [0.3, 0.4) is 0 Å². The van der Waals surface area contributed by atoms with Crippen molar-refractivity contribution in [2.75, 3.05) is 19.4 Å². The van der Waals surface area contributed by atoms with E-state index >= 15 is 0 Å². The Bertz CT molecular complexity index is 956. The maximum Gasteiger partial charge on any atom is 0.209 e. The van der Waals surface area contributed by atoms with Gasteiger partial charge in [-0.1, -0.05) is 35.5 Å². The number of nitrogens with zero attached hydrogens (tertiary/aromatic N) is 4. The third-order valence-corrected chi connectivity index (χ3v) is 5.75. The zero-order valence-electron chi connectivity index (χ0n) is 17.1. The monoisotopic (exact) mass is 486 g/mol. The van der Waals surface area contributed by atoms with Crippen LogP contribution in [0.2, 0.25) is 5.02 Å². The van der Waals surface area contributed by atoms with Crippen LogP contribution < -0.4 is 27.2 Å². The maximum absolute atomic E-state index is 13.9. The molecule has 0 saturated carbocycles. The average Bonchev–Trinajstić information content (AvgIpc) is 3.15. The van der Waals surface area contributed by atoms with E-state index in [2.05, 4.69) is 20.8 Å². The first-order valence-electron chi connectivity index (χ1n) is 9.37. The second-order valence-corrected chi connectivity index (χ2v) is 7.91. The number of methoxy groups -OCH3 is 1. The fourth-order valence-corrected chi connectivity index (χ4v) is 3.70. The fraction of sp³-hybridized carbons (Fsp3) is 0.350. The fourth-order valence-electron chi connectivity index (χ4n) is 2.70. The van der Waals surface area contributed by atoms with Crippen molar-refractivity contribution >= 4 is 23.4 Å². The van der Waals surface area contributed by atoms with Crippen LogP contribution in [0.4, 0.5) is 4.39 Å². The highest BCUT2D eigenvalue weighted by molar-refractivity contribution is 7.99. The number of nitrogens with one attached hydrogen (secondary N) is 1. The smallest absolute Gasteiger partial charge is 0.209 e. The van der Waals surface area contributed by atoms with E-state index in [1.54, 1.807) is 35.7 Å². The van der Waals surface area contributed by atoms with Crippen LogP contribution in [0.25, 0.3) is 0 Å². The number of hydrogen-bond donors (Lipinski definition) is 1. The van der Waals surface area contributed by atoms with E-state index < -0.39 is 5.82 Å². The summed E-state index contributed by atoms with van der Waals surface area (Å²) in [6.07, 6.45) is 0.985. The molecule has 0 radical (unpaired) electrons. The number of rotatable bonds is 11. The van der Waals surface area contributed by atoms with E-state index in [1.165, 1.54) is 6.07 Å². The minimum absolute atomic E-state index is 0. The molecule has 0 aliphatic carbocycles. The van der Waals surface area contributed by atoms with Crippen LogP contribution >= 0.6 is 23.4 Å². The SMILES string of the molecule is COc1cc(CNCCCSc2nnnn2C)ccc1OCc1c(F)cccc1Cl.[Cl-]. The van der Waals surface area contributed by atoms with Gasteiger partial charge in [-0.15, -0.1) is 5.10 Å². The molecule has 0 aliphatic heterocycles. The van der Waals surface area contributed by atoms with Crippen molar-refractivity contribution in [3.63, 3.8) is 0 Å². The maximum atomic E-state index is 13.9. The summed E-state index contributed by atoms with van der Waals surface area (Å²) in [7, 11) is 3.40. The number of hydrogen-bond acceptors (Lipinski definition) is 7. The molecular formula is C20H23Cl2FN5O2S-. The largest absolute Gasteiger partial charge is 1.00 e. The lowest BCUT2D eigenvalue weighted by atomic mass is 10.2. The molecule has 0 fully saturated rings. The van der Waals surface area contributed by atoms with Gasteiger partial charge in [0, 0.05) is 24.9 Å². The van der Waals surface area contributed by atoms with Crippen molar-refractivity contribution < 1.29 is 26.3 Å². The molecule has 168 valence electrons. The Morgan fingerprint density at radius 1 is 1.23 bits per heavy atom. The van der Waals surface area contributed by atoms with Crippen LogP contribution in [0, 0.1) is 5.82 Å². The Morgan fingerprint density at radius 3 is 2.77 bits per heavy atom. The van der Waals surface area contributed by atoms with Crippen LogP contribution in [0.5, 0.6) is 11.5 Å². The minimum Gasteiger partial charge on any atom is -1.00 e. The molecule has 11 heteroatoms. The first kappa shape index (κ1) is 25.2. The molecule has 0 saturated heterocycles. The van der Waals surface area contributed by atoms with Gasteiger partial charge in [-0.25, -0.2) is 9.07 Å². The van der Waals surface area contributed by atoms with Gasteiger partial charge in [-0.05, 0) is 53.2 Å². The zero-order valence-corrected chi connectivity index (χ0v) is 19.5. The van der Waals surface area contributed by atoms with E-state index in [9.17, 15) is 4.39 Å². The molecule has 1 aromatic heterocycles. The normalized spacial score (nSPS) is 10.6. The number of aryl methyl sites for hydroxylation is 1. The molecule has 0 amide bonds. The van der Waals surface area contributed by atoms with Gasteiger partial charge in [0.25, 0.3) is 0 Å². The van der Waals surface area contributed by atoms with E-state index in [-0.39, 0.29) is 19.0 Å². The Kier molecular flexibility index (Phi) is 10.3. The van der Waals surface area contributed by atoms with Gasteiger partial charge in [0.2, 0.25) is 5.16 Å². The van der Waals surface area contributed by atoms with Gasteiger partial charge in [-0.2, -0.15) is 0 Å². The summed E-state index contributed by atoms with van der Waals surface area (Å²) in [6, 6.07) is 10.2. The molecular weight excluding hydrogens is 464 g/mol. The van der Waals surface area contributed by atoms with E-state index in [0.717, 1.165) is 29.4 Å². The lowest BCUT2D eigenvalue weighted by Crippen LogP contribution is -3.00. The standard InChI is InChI=1S/C20H23ClFN5O2S.ClH/c1-27-20(24-25-26-27)30-10-4-9-23-12-14-7-8-18(19(11-14)28-2)29-13-15-16(21)5-3-6-17(15)22;/h3,5-8,11,23H,4,9-10,12-13H2,1-2H3;1H/p-1. The number of tetrazole rings is 1. The van der Waals surface area contributed by atoms with Crippen LogP contribution in [-0.4, -0.2) is 39.6 Å². The van der Waals surface area contributed by atoms with Crippen molar-refractivity contribution in [3.05, 3.63) is 58.4 Å². The summed E-state index contributed by atoms with van der Waals surface area (Å²) in [5.74, 6) is 1.66. The van der Waals surface area contributed by atoms with E-state index in [1.807, 2.05) is 25.2 Å². The molecule has 0 unspecified atom stereocenters. The molecule has 3 aromatic rings. The topological polar surface area (TPSA) is 74.1 Å². The average molecular weight is 487 g/mol. The van der Waals surface area contributed by atoms with Crippen molar-refractivity contribution in [1.29, 1.82) is 0 Å². The number of benzene rings is 2. The van der Waals surface area contributed by atoms with Crippen molar-refractivity contribution in [2.45, 2.75) is 24.7 Å². The molecule has 0 bridgehead atoms. The molecule has 31 heavy (non-hydrogen) atoms. The molecule has 7 nitrogen and oxygen atoms in total. The van der Waals surface area contributed by atoms with Crippen molar-refractivity contribution in [1.82, 2.24) is 25.5 Å².